The van der Waals surface area contributed by atoms with E-state index in [-0.39, 0.29) is 0 Å². The molecule has 4 atom stereocenters. The van der Waals surface area contributed by atoms with Crippen LogP contribution < -0.4 is 5.32 Å². The Morgan fingerprint density at radius 1 is 1.28 bits per heavy atom. The van der Waals surface area contributed by atoms with E-state index in [2.05, 4.69) is 31.0 Å². The van der Waals surface area contributed by atoms with Crippen molar-refractivity contribution in [1.82, 2.24) is 10.2 Å². The fourth-order valence-corrected chi connectivity index (χ4v) is 3.75. The van der Waals surface area contributed by atoms with Gasteiger partial charge in [0, 0.05) is 24.7 Å². The van der Waals surface area contributed by atoms with Gasteiger partial charge in [-0.15, -0.1) is 0 Å². The van der Waals surface area contributed by atoms with Crippen molar-refractivity contribution in [3.05, 3.63) is 0 Å². The molecule has 0 radical (unpaired) electrons. The van der Waals surface area contributed by atoms with Crippen LogP contribution in [0.4, 0.5) is 0 Å². The normalized spacial score (nSPS) is 32.8. The van der Waals surface area contributed by atoms with Gasteiger partial charge in [0.2, 0.25) is 0 Å². The monoisotopic (exact) mass is 254 g/mol. The topological polar surface area (TPSA) is 24.5 Å². The predicted octanol–water partition coefficient (Wildman–Crippen LogP) is 2.41. The largest absolute Gasteiger partial charge is 0.375 e. The Hall–Kier alpha value is -0.120. The number of nitrogens with one attached hydrogen (secondary N) is 1. The van der Waals surface area contributed by atoms with Gasteiger partial charge in [0.25, 0.3) is 0 Å². The third-order valence-corrected chi connectivity index (χ3v) is 4.59. The first-order valence-electron chi connectivity index (χ1n) is 7.83. The molecule has 1 N–H and O–H groups in total. The molecule has 0 aromatic heterocycles. The summed E-state index contributed by atoms with van der Waals surface area (Å²) in [5.74, 6) is 0. The minimum Gasteiger partial charge on any atom is -0.375 e. The SMILES string of the molecule is CCNC(C)CC(C)N1CCOC2CCCCC21. The average Bonchev–Trinajstić information content (AvgIpc) is 2.38. The van der Waals surface area contributed by atoms with Gasteiger partial charge < -0.3 is 10.1 Å². The molecular weight excluding hydrogens is 224 g/mol. The van der Waals surface area contributed by atoms with Gasteiger partial charge in [0.1, 0.15) is 0 Å². The zero-order chi connectivity index (χ0) is 13.0. The quantitative estimate of drug-likeness (QED) is 0.815. The number of hydrogen-bond acceptors (Lipinski definition) is 3. The maximum absolute atomic E-state index is 5.96. The highest BCUT2D eigenvalue weighted by atomic mass is 16.5. The molecule has 0 spiro atoms. The minimum atomic E-state index is 0.518. The van der Waals surface area contributed by atoms with Crippen molar-refractivity contribution in [3.63, 3.8) is 0 Å². The van der Waals surface area contributed by atoms with Gasteiger partial charge in [0.05, 0.1) is 12.7 Å². The van der Waals surface area contributed by atoms with Crippen molar-refractivity contribution < 1.29 is 4.74 Å². The molecule has 3 nitrogen and oxygen atoms in total. The second-order valence-electron chi connectivity index (χ2n) is 6.04. The fourth-order valence-electron chi connectivity index (χ4n) is 3.75. The Bertz CT molecular complexity index is 245. The fraction of sp³-hybridized carbons (Fsp3) is 1.00. The molecule has 106 valence electrons. The predicted molar refractivity (Wildman–Crippen MR) is 75.9 cm³/mol. The summed E-state index contributed by atoms with van der Waals surface area (Å²) in [7, 11) is 0. The van der Waals surface area contributed by atoms with E-state index < -0.39 is 0 Å². The van der Waals surface area contributed by atoms with Crippen LogP contribution in [-0.4, -0.2) is 48.8 Å². The smallest absolute Gasteiger partial charge is 0.0731 e. The van der Waals surface area contributed by atoms with Crippen molar-refractivity contribution in [2.45, 2.75) is 77.1 Å². The van der Waals surface area contributed by atoms with Crippen LogP contribution in [0.15, 0.2) is 0 Å². The van der Waals surface area contributed by atoms with Crippen LogP contribution in [0.3, 0.4) is 0 Å². The van der Waals surface area contributed by atoms with E-state index >= 15 is 0 Å². The Morgan fingerprint density at radius 3 is 2.83 bits per heavy atom. The summed E-state index contributed by atoms with van der Waals surface area (Å²) >= 11 is 0. The first kappa shape index (κ1) is 14.3. The summed E-state index contributed by atoms with van der Waals surface area (Å²) in [6.07, 6.45) is 7.12. The minimum absolute atomic E-state index is 0.518. The zero-order valence-electron chi connectivity index (χ0n) is 12.3. The van der Waals surface area contributed by atoms with E-state index in [0.29, 0.717) is 24.2 Å². The maximum Gasteiger partial charge on any atom is 0.0731 e. The second-order valence-corrected chi connectivity index (χ2v) is 6.04. The molecule has 1 saturated heterocycles. The molecule has 2 rings (SSSR count). The molecule has 1 aliphatic carbocycles. The van der Waals surface area contributed by atoms with Crippen LogP contribution in [-0.2, 0) is 4.74 Å². The molecule has 2 fully saturated rings. The standard InChI is InChI=1S/C15H30N2O/c1-4-16-12(2)11-13(3)17-9-10-18-15-8-6-5-7-14(15)17/h12-16H,4-11H2,1-3H3. The second kappa shape index (κ2) is 6.88. The zero-order valence-corrected chi connectivity index (χ0v) is 12.3. The summed E-state index contributed by atoms with van der Waals surface area (Å²) in [4.78, 5) is 2.72. The molecule has 0 aromatic rings. The van der Waals surface area contributed by atoms with Crippen molar-refractivity contribution in [2.75, 3.05) is 19.7 Å². The first-order chi connectivity index (χ1) is 8.72. The third-order valence-electron chi connectivity index (χ3n) is 4.59. The Labute approximate surface area is 112 Å². The highest BCUT2D eigenvalue weighted by Gasteiger charge is 2.36. The average molecular weight is 254 g/mol. The van der Waals surface area contributed by atoms with Crippen LogP contribution in [0.5, 0.6) is 0 Å². The number of ether oxygens (including phenoxy) is 1. The van der Waals surface area contributed by atoms with Crippen LogP contribution in [0.2, 0.25) is 0 Å². The maximum atomic E-state index is 5.96. The highest BCUT2D eigenvalue weighted by molar-refractivity contribution is 4.90. The molecule has 0 amide bonds. The van der Waals surface area contributed by atoms with E-state index in [1.807, 2.05) is 0 Å². The molecular formula is C15H30N2O. The first-order valence-corrected chi connectivity index (χ1v) is 7.83. The van der Waals surface area contributed by atoms with Crippen molar-refractivity contribution in [3.8, 4) is 0 Å². The van der Waals surface area contributed by atoms with Crippen LogP contribution >= 0.6 is 0 Å². The van der Waals surface area contributed by atoms with Crippen molar-refractivity contribution in [1.29, 1.82) is 0 Å². The van der Waals surface area contributed by atoms with Gasteiger partial charge in [0.15, 0.2) is 0 Å². The number of rotatable bonds is 5. The van der Waals surface area contributed by atoms with Crippen LogP contribution in [0, 0.1) is 0 Å². The molecule has 4 unspecified atom stereocenters. The molecule has 0 aromatic carbocycles. The molecule has 2 aliphatic rings. The molecule has 0 bridgehead atoms. The lowest BCUT2D eigenvalue weighted by Crippen LogP contribution is -2.56. The molecule has 3 heteroatoms. The number of hydrogen-bond donors (Lipinski definition) is 1. The Kier molecular flexibility index (Phi) is 5.46. The highest BCUT2D eigenvalue weighted by Crippen LogP contribution is 2.30. The molecule has 1 aliphatic heterocycles. The van der Waals surface area contributed by atoms with Crippen molar-refractivity contribution in [2.24, 2.45) is 0 Å². The van der Waals surface area contributed by atoms with Crippen LogP contribution in [0.1, 0.15) is 52.9 Å². The van der Waals surface area contributed by atoms with Gasteiger partial charge in [-0.05, 0) is 39.7 Å². The lowest BCUT2D eigenvalue weighted by Gasteiger charge is -2.47. The van der Waals surface area contributed by atoms with E-state index in [0.717, 1.165) is 19.7 Å². The van der Waals surface area contributed by atoms with E-state index in [1.165, 1.54) is 32.1 Å². The van der Waals surface area contributed by atoms with Crippen LogP contribution in [0.25, 0.3) is 0 Å². The summed E-state index contributed by atoms with van der Waals surface area (Å²) in [5.41, 5.74) is 0. The number of morpholine rings is 1. The summed E-state index contributed by atoms with van der Waals surface area (Å²) in [6.45, 7) is 10.0. The summed E-state index contributed by atoms with van der Waals surface area (Å²) in [6, 6.07) is 1.99. The molecule has 1 saturated carbocycles. The van der Waals surface area contributed by atoms with Gasteiger partial charge in [-0.25, -0.2) is 0 Å². The Balaban J connectivity index is 1.89. The van der Waals surface area contributed by atoms with Gasteiger partial charge in [-0.2, -0.15) is 0 Å². The lowest BCUT2D eigenvalue weighted by molar-refractivity contribution is -0.102. The summed E-state index contributed by atoms with van der Waals surface area (Å²) < 4.78 is 5.96. The number of nitrogens with zero attached hydrogens (tertiary/aromatic N) is 1. The van der Waals surface area contributed by atoms with Gasteiger partial charge >= 0.3 is 0 Å². The molecule has 18 heavy (non-hydrogen) atoms. The van der Waals surface area contributed by atoms with Crippen molar-refractivity contribution >= 4 is 0 Å². The van der Waals surface area contributed by atoms with E-state index in [4.69, 9.17) is 4.74 Å². The number of fused-ring (bicyclic) bond motifs is 1. The molecule has 1 heterocycles. The summed E-state index contributed by atoms with van der Waals surface area (Å²) in [5, 5.41) is 3.53. The van der Waals surface area contributed by atoms with E-state index in [1.54, 1.807) is 0 Å². The van der Waals surface area contributed by atoms with E-state index in [9.17, 15) is 0 Å². The third kappa shape index (κ3) is 3.46. The van der Waals surface area contributed by atoms with Gasteiger partial charge in [-0.1, -0.05) is 19.8 Å². The Morgan fingerprint density at radius 2 is 2.06 bits per heavy atom. The lowest BCUT2D eigenvalue weighted by atomic mass is 9.88. The van der Waals surface area contributed by atoms with Gasteiger partial charge in [-0.3, -0.25) is 4.90 Å².